The quantitative estimate of drug-likeness (QED) is 0.715. The molecule has 7 heteroatoms. The van der Waals surface area contributed by atoms with Crippen LogP contribution >= 0.6 is 11.3 Å². The van der Waals surface area contributed by atoms with E-state index < -0.39 is 0 Å². The van der Waals surface area contributed by atoms with Crippen LogP contribution in [0.4, 0.5) is 5.13 Å². The van der Waals surface area contributed by atoms with Gasteiger partial charge in [0.1, 0.15) is 5.01 Å². The molecule has 2 heterocycles. The van der Waals surface area contributed by atoms with Crippen LogP contribution in [0, 0.1) is 0 Å². The SMILES string of the molecule is CCCCc1nnc(NC(=O)c2ccc(Cn3ccnc3)cc2)s1. The van der Waals surface area contributed by atoms with Crippen molar-refractivity contribution in [2.75, 3.05) is 5.32 Å². The van der Waals surface area contributed by atoms with Gasteiger partial charge in [-0.3, -0.25) is 10.1 Å². The zero-order valence-corrected chi connectivity index (χ0v) is 14.3. The first kappa shape index (κ1) is 16.3. The summed E-state index contributed by atoms with van der Waals surface area (Å²) < 4.78 is 1.98. The van der Waals surface area contributed by atoms with E-state index in [-0.39, 0.29) is 5.91 Å². The minimum Gasteiger partial charge on any atom is -0.333 e. The number of amides is 1. The molecule has 0 bridgehead atoms. The third-order valence-electron chi connectivity index (χ3n) is 3.57. The van der Waals surface area contributed by atoms with Crippen molar-refractivity contribution in [3.63, 3.8) is 0 Å². The van der Waals surface area contributed by atoms with Gasteiger partial charge in [-0.1, -0.05) is 36.8 Å². The average Bonchev–Trinajstić information content (AvgIpc) is 3.25. The van der Waals surface area contributed by atoms with Crippen LogP contribution in [0.15, 0.2) is 43.0 Å². The fraction of sp³-hybridized carbons (Fsp3) is 0.294. The Morgan fingerprint density at radius 3 is 2.79 bits per heavy atom. The third kappa shape index (κ3) is 4.26. The van der Waals surface area contributed by atoms with Gasteiger partial charge in [-0.05, 0) is 24.1 Å². The maximum atomic E-state index is 12.3. The van der Waals surface area contributed by atoms with E-state index >= 15 is 0 Å². The number of hydrogen-bond acceptors (Lipinski definition) is 5. The standard InChI is InChI=1S/C17H19N5OS/c1-2-3-4-15-20-21-17(24-15)19-16(23)14-7-5-13(6-8-14)11-22-10-9-18-12-22/h5-10,12H,2-4,11H2,1H3,(H,19,21,23). The third-order valence-corrected chi connectivity index (χ3v) is 4.47. The summed E-state index contributed by atoms with van der Waals surface area (Å²) in [5.74, 6) is -0.164. The van der Waals surface area contributed by atoms with Crippen LogP contribution < -0.4 is 5.32 Å². The van der Waals surface area contributed by atoms with Gasteiger partial charge in [0, 0.05) is 30.9 Å². The number of rotatable bonds is 7. The highest BCUT2D eigenvalue weighted by molar-refractivity contribution is 7.15. The lowest BCUT2D eigenvalue weighted by Gasteiger charge is -2.05. The summed E-state index contributed by atoms with van der Waals surface area (Å²) in [5, 5.41) is 12.5. The summed E-state index contributed by atoms with van der Waals surface area (Å²) in [4.78, 5) is 16.3. The van der Waals surface area contributed by atoms with Gasteiger partial charge < -0.3 is 4.57 Å². The molecule has 0 saturated carbocycles. The molecular weight excluding hydrogens is 322 g/mol. The average molecular weight is 341 g/mol. The number of nitrogens with zero attached hydrogens (tertiary/aromatic N) is 4. The Morgan fingerprint density at radius 1 is 1.25 bits per heavy atom. The number of nitrogens with one attached hydrogen (secondary N) is 1. The molecule has 0 radical (unpaired) electrons. The van der Waals surface area contributed by atoms with Gasteiger partial charge in [-0.25, -0.2) is 4.98 Å². The monoisotopic (exact) mass is 341 g/mol. The fourth-order valence-electron chi connectivity index (χ4n) is 2.26. The Morgan fingerprint density at radius 2 is 2.08 bits per heavy atom. The zero-order chi connectivity index (χ0) is 16.8. The molecule has 0 aliphatic heterocycles. The number of imidazole rings is 1. The smallest absolute Gasteiger partial charge is 0.257 e. The van der Waals surface area contributed by atoms with E-state index in [1.807, 2.05) is 35.0 Å². The zero-order valence-electron chi connectivity index (χ0n) is 13.5. The molecule has 0 spiro atoms. The van der Waals surface area contributed by atoms with Crippen molar-refractivity contribution in [3.8, 4) is 0 Å². The van der Waals surface area contributed by atoms with Crippen molar-refractivity contribution in [2.24, 2.45) is 0 Å². The highest BCUT2D eigenvalue weighted by Gasteiger charge is 2.10. The second-order valence-corrected chi connectivity index (χ2v) is 6.55. The minimum atomic E-state index is -0.164. The predicted molar refractivity (Wildman–Crippen MR) is 94.2 cm³/mol. The first-order chi connectivity index (χ1) is 11.7. The van der Waals surface area contributed by atoms with Gasteiger partial charge >= 0.3 is 0 Å². The number of aromatic nitrogens is 4. The lowest BCUT2D eigenvalue weighted by molar-refractivity contribution is 0.102. The minimum absolute atomic E-state index is 0.164. The van der Waals surface area contributed by atoms with Gasteiger partial charge in [0.2, 0.25) is 5.13 Å². The van der Waals surface area contributed by atoms with Crippen LogP contribution in [0.2, 0.25) is 0 Å². The molecule has 0 aliphatic carbocycles. The van der Waals surface area contributed by atoms with Gasteiger partial charge in [-0.15, -0.1) is 10.2 Å². The summed E-state index contributed by atoms with van der Waals surface area (Å²) in [6.07, 6.45) is 8.54. The molecule has 1 amide bonds. The fourth-order valence-corrected chi connectivity index (χ4v) is 3.03. The maximum absolute atomic E-state index is 12.3. The number of benzene rings is 1. The van der Waals surface area contributed by atoms with E-state index in [0.717, 1.165) is 36.4 Å². The van der Waals surface area contributed by atoms with Crippen LogP contribution in [0.3, 0.4) is 0 Å². The molecule has 0 aliphatic rings. The van der Waals surface area contributed by atoms with E-state index in [9.17, 15) is 4.79 Å². The molecule has 0 saturated heterocycles. The van der Waals surface area contributed by atoms with Crippen molar-refractivity contribution >= 4 is 22.4 Å². The molecule has 1 N–H and O–H groups in total. The Balaban J connectivity index is 1.59. The molecule has 6 nitrogen and oxygen atoms in total. The largest absolute Gasteiger partial charge is 0.333 e. The molecule has 3 aromatic rings. The van der Waals surface area contributed by atoms with Crippen LogP contribution in [0.1, 0.15) is 40.7 Å². The molecule has 0 atom stereocenters. The molecule has 24 heavy (non-hydrogen) atoms. The number of aryl methyl sites for hydroxylation is 1. The molecule has 0 unspecified atom stereocenters. The molecule has 0 fully saturated rings. The first-order valence-corrected chi connectivity index (χ1v) is 8.74. The number of carbonyl (C=O) groups is 1. The molecule has 3 rings (SSSR count). The number of carbonyl (C=O) groups excluding carboxylic acids is 1. The van der Waals surface area contributed by atoms with Crippen molar-refractivity contribution < 1.29 is 4.79 Å². The van der Waals surface area contributed by atoms with E-state index in [4.69, 9.17) is 0 Å². The second kappa shape index (κ2) is 7.83. The van der Waals surface area contributed by atoms with E-state index in [1.54, 1.807) is 12.5 Å². The summed E-state index contributed by atoms with van der Waals surface area (Å²) in [7, 11) is 0. The molecular formula is C17H19N5OS. The molecule has 124 valence electrons. The van der Waals surface area contributed by atoms with Crippen molar-refractivity contribution in [3.05, 3.63) is 59.1 Å². The van der Waals surface area contributed by atoms with Crippen LogP contribution in [-0.4, -0.2) is 25.7 Å². The van der Waals surface area contributed by atoms with Crippen molar-refractivity contribution in [2.45, 2.75) is 32.7 Å². The summed E-state index contributed by atoms with van der Waals surface area (Å²) in [6.45, 7) is 2.87. The lowest BCUT2D eigenvalue weighted by Crippen LogP contribution is -2.11. The molecule has 1 aromatic carbocycles. The summed E-state index contributed by atoms with van der Waals surface area (Å²) >= 11 is 1.44. The number of unbranched alkanes of at least 4 members (excludes halogenated alkanes) is 1. The normalized spacial score (nSPS) is 10.7. The van der Waals surface area contributed by atoms with E-state index in [0.29, 0.717) is 10.7 Å². The molecule has 2 aromatic heterocycles. The Bertz CT molecular complexity index is 780. The highest BCUT2D eigenvalue weighted by atomic mass is 32.1. The summed E-state index contributed by atoms with van der Waals surface area (Å²) in [6, 6.07) is 7.53. The number of anilines is 1. The van der Waals surface area contributed by atoms with E-state index in [2.05, 4.69) is 27.4 Å². The maximum Gasteiger partial charge on any atom is 0.257 e. The van der Waals surface area contributed by atoms with Crippen LogP contribution in [0.25, 0.3) is 0 Å². The van der Waals surface area contributed by atoms with Crippen molar-refractivity contribution in [1.82, 2.24) is 19.7 Å². The second-order valence-electron chi connectivity index (χ2n) is 5.49. The lowest BCUT2D eigenvalue weighted by atomic mass is 10.1. The predicted octanol–water partition coefficient (Wildman–Crippen LogP) is 3.38. The topological polar surface area (TPSA) is 72.7 Å². The van der Waals surface area contributed by atoms with Gasteiger partial charge in [0.25, 0.3) is 5.91 Å². The Labute approximate surface area is 144 Å². The van der Waals surface area contributed by atoms with Crippen molar-refractivity contribution in [1.29, 1.82) is 0 Å². The van der Waals surface area contributed by atoms with Gasteiger partial charge in [0.15, 0.2) is 0 Å². The highest BCUT2D eigenvalue weighted by Crippen LogP contribution is 2.18. The van der Waals surface area contributed by atoms with E-state index in [1.165, 1.54) is 11.3 Å². The summed E-state index contributed by atoms with van der Waals surface area (Å²) in [5.41, 5.74) is 1.72. The van der Waals surface area contributed by atoms with Gasteiger partial charge in [-0.2, -0.15) is 0 Å². The Hall–Kier alpha value is -2.54. The van der Waals surface area contributed by atoms with Gasteiger partial charge in [0.05, 0.1) is 6.33 Å². The van der Waals surface area contributed by atoms with Crippen LogP contribution in [0.5, 0.6) is 0 Å². The Kier molecular flexibility index (Phi) is 5.32. The van der Waals surface area contributed by atoms with Crippen LogP contribution in [-0.2, 0) is 13.0 Å². The first-order valence-electron chi connectivity index (χ1n) is 7.93. The number of hydrogen-bond donors (Lipinski definition) is 1.